The summed E-state index contributed by atoms with van der Waals surface area (Å²) in [5.74, 6) is -1.14. The minimum absolute atomic E-state index is 0.00821. The van der Waals surface area contributed by atoms with Gasteiger partial charge in [-0.25, -0.2) is 13.2 Å². The number of rotatable bonds is 3. The number of sulfonamides is 1. The van der Waals surface area contributed by atoms with E-state index in [1.54, 1.807) is 0 Å². The molecule has 6 nitrogen and oxygen atoms in total. The molecule has 1 aliphatic heterocycles. The van der Waals surface area contributed by atoms with Gasteiger partial charge in [-0.15, -0.1) is 11.3 Å². The van der Waals surface area contributed by atoms with E-state index in [9.17, 15) is 18.3 Å². The molecule has 1 aromatic heterocycles. The summed E-state index contributed by atoms with van der Waals surface area (Å²) in [4.78, 5) is 10.7. The van der Waals surface area contributed by atoms with Crippen molar-refractivity contribution in [2.75, 3.05) is 13.1 Å². The van der Waals surface area contributed by atoms with Crippen molar-refractivity contribution in [3.05, 3.63) is 17.0 Å². The fourth-order valence-corrected chi connectivity index (χ4v) is 4.66. The van der Waals surface area contributed by atoms with Gasteiger partial charge in [0, 0.05) is 13.1 Å². The number of aliphatic hydroxyl groups is 1. The average molecular weight is 291 g/mol. The molecule has 8 heteroatoms. The number of β-amino-alcohol motifs (C(OH)–C–C–N with tert-alkyl or cyclic N) is 1. The molecule has 1 fully saturated rings. The summed E-state index contributed by atoms with van der Waals surface area (Å²) < 4.78 is 25.6. The number of piperidine rings is 1. The number of aromatic carboxylic acids is 1. The molecule has 2 N–H and O–H groups in total. The Bertz CT molecular complexity index is 550. The largest absolute Gasteiger partial charge is 0.477 e. The Morgan fingerprint density at radius 2 is 2.17 bits per heavy atom. The zero-order valence-electron chi connectivity index (χ0n) is 9.44. The first-order valence-electron chi connectivity index (χ1n) is 5.42. The molecule has 0 bridgehead atoms. The van der Waals surface area contributed by atoms with Crippen LogP contribution in [0.25, 0.3) is 0 Å². The van der Waals surface area contributed by atoms with Crippen LogP contribution >= 0.6 is 11.3 Å². The van der Waals surface area contributed by atoms with Crippen molar-refractivity contribution in [2.45, 2.75) is 23.2 Å². The molecule has 1 aromatic rings. The molecule has 0 radical (unpaired) electrons. The van der Waals surface area contributed by atoms with Gasteiger partial charge in [-0.05, 0) is 25.0 Å². The highest BCUT2D eigenvalue weighted by molar-refractivity contribution is 7.91. The van der Waals surface area contributed by atoms with E-state index in [-0.39, 0.29) is 15.6 Å². The van der Waals surface area contributed by atoms with E-state index < -0.39 is 22.1 Å². The van der Waals surface area contributed by atoms with Crippen molar-refractivity contribution in [2.24, 2.45) is 0 Å². The molecule has 0 saturated carbocycles. The first-order valence-corrected chi connectivity index (χ1v) is 7.68. The van der Waals surface area contributed by atoms with Gasteiger partial charge in [0.2, 0.25) is 0 Å². The average Bonchev–Trinajstić information content (AvgIpc) is 2.79. The second-order valence-corrected chi connectivity index (χ2v) is 7.33. The van der Waals surface area contributed by atoms with E-state index in [1.165, 1.54) is 16.4 Å². The Labute approximate surface area is 109 Å². The van der Waals surface area contributed by atoms with E-state index in [1.807, 2.05) is 0 Å². The fraction of sp³-hybridized carbons (Fsp3) is 0.500. The van der Waals surface area contributed by atoms with Crippen LogP contribution in [0.4, 0.5) is 0 Å². The lowest BCUT2D eigenvalue weighted by atomic mass is 10.1. The summed E-state index contributed by atoms with van der Waals surface area (Å²) in [6.45, 7) is 0.433. The lowest BCUT2D eigenvalue weighted by molar-refractivity contribution is 0.0702. The Kier molecular flexibility index (Phi) is 3.71. The van der Waals surface area contributed by atoms with Crippen LogP contribution in [0, 0.1) is 0 Å². The molecule has 0 unspecified atom stereocenters. The van der Waals surface area contributed by atoms with Crippen LogP contribution in [0.2, 0.25) is 0 Å². The molecule has 1 atom stereocenters. The first-order chi connectivity index (χ1) is 8.41. The van der Waals surface area contributed by atoms with Gasteiger partial charge < -0.3 is 10.2 Å². The predicted octanol–water partition coefficient (Wildman–Crippen LogP) is 0.592. The van der Waals surface area contributed by atoms with E-state index >= 15 is 0 Å². The number of carbonyl (C=O) groups is 1. The van der Waals surface area contributed by atoms with E-state index in [0.717, 1.165) is 11.3 Å². The monoisotopic (exact) mass is 291 g/mol. The number of hydrogen-bond acceptors (Lipinski definition) is 5. The standard InChI is InChI=1S/C10H13NO5S2/c12-7-2-1-5-11(6-7)18(15,16)9-4-3-8(17-9)10(13)14/h3-4,7,12H,1-2,5-6H2,(H,13,14)/t7-/m0/s1. The van der Waals surface area contributed by atoms with Crippen molar-refractivity contribution in [1.29, 1.82) is 0 Å². The van der Waals surface area contributed by atoms with Crippen molar-refractivity contribution < 1.29 is 23.4 Å². The summed E-state index contributed by atoms with van der Waals surface area (Å²) in [5.41, 5.74) is 0. The third-order valence-electron chi connectivity index (χ3n) is 2.75. The van der Waals surface area contributed by atoms with Gasteiger partial charge in [-0.2, -0.15) is 4.31 Å². The third-order valence-corrected chi connectivity index (χ3v) is 6.15. The number of thiophene rings is 1. The minimum Gasteiger partial charge on any atom is -0.477 e. The third kappa shape index (κ3) is 2.56. The maximum Gasteiger partial charge on any atom is 0.345 e. The Morgan fingerprint density at radius 3 is 2.72 bits per heavy atom. The van der Waals surface area contributed by atoms with Crippen LogP contribution in [0.1, 0.15) is 22.5 Å². The second-order valence-electron chi connectivity index (χ2n) is 4.08. The van der Waals surface area contributed by atoms with Gasteiger partial charge in [0.05, 0.1) is 6.10 Å². The second kappa shape index (κ2) is 4.96. The number of hydrogen-bond donors (Lipinski definition) is 2. The van der Waals surface area contributed by atoms with Gasteiger partial charge >= 0.3 is 5.97 Å². The summed E-state index contributed by atoms with van der Waals surface area (Å²) in [6.07, 6.45) is 0.557. The van der Waals surface area contributed by atoms with Gasteiger partial charge in [0.1, 0.15) is 9.09 Å². The molecule has 2 heterocycles. The van der Waals surface area contributed by atoms with Crippen LogP contribution in [0.15, 0.2) is 16.3 Å². The first kappa shape index (κ1) is 13.5. The Balaban J connectivity index is 2.26. The van der Waals surface area contributed by atoms with E-state index in [2.05, 4.69) is 0 Å². The number of carboxylic acids is 1. The lowest BCUT2D eigenvalue weighted by Gasteiger charge is -2.28. The summed E-state index contributed by atoms with van der Waals surface area (Å²) in [7, 11) is -3.68. The molecule has 100 valence electrons. The van der Waals surface area contributed by atoms with Crippen LogP contribution in [0.5, 0.6) is 0 Å². The van der Waals surface area contributed by atoms with E-state index in [4.69, 9.17) is 5.11 Å². The highest BCUT2D eigenvalue weighted by Crippen LogP contribution is 2.27. The maximum absolute atomic E-state index is 12.2. The van der Waals surface area contributed by atoms with Crippen LogP contribution < -0.4 is 0 Å². The highest BCUT2D eigenvalue weighted by atomic mass is 32.2. The van der Waals surface area contributed by atoms with Crippen molar-refractivity contribution in [1.82, 2.24) is 4.31 Å². The summed E-state index contributed by atoms with van der Waals surface area (Å²) in [5, 5.41) is 18.3. The van der Waals surface area contributed by atoms with Crippen LogP contribution in [-0.4, -0.2) is 48.1 Å². The van der Waals surface area contributed by atoms with Gasteiger partial charge in [-0.3, -0.25) is 0 Å². The van der Waals surface area contributed by atoms with Crippen molar-refractivity contribution in [3.63, 3.8) is 0 Å². The molecule has 1 aliphatic rings. The zero-order valence-corrected chi connectivity index (χ0v) is 11.1. The number of aliphatic hydroxyl groups excluding tert-OH is 1. The van der Waals surface area contributed by atoms with Crippen LogP contribution in [-0.2, 0) is 10.0 Å². The maximum atomic E-state index is 12.2. The lowest BCUT2D eigenvalue weighted by Crippen LogP contribution is -2.41. The van der Waals surface area contributed by atoms with Crippen LogP contribution in [0.3, 0.4) is 0 Å². The summed E-state index contributed by atoms with van der Waals surface area (Å²) >= 11 is 0.732. The zero-order chi connectivity index (χ0) is 13.3. The normalized spacial score (nSPS) is 21.9. The smallest absolute Gasteiger partial charge is 0.345 e. The molecule has 0 aliphatic carbocycles. The highest BCUT2D eigenvalue weighted by Gasteiger charge is 2.30. The summed E-state index contributed by atoms with van der Waals surface area (Å²) in [6, 6.07) is 2.57. The predicted molar refractivity (Wildman–Crippen MR) is 65.3 cm³/mol. The number of nitrogens with zero attached hydrogens (tertiary/aromatic N) is 1. The van der Waals surface area contributed by atoms with Gasteiger partial charge in [0.25, 0.3) is 10.0 Å². The fourth-order valence-electron chi connectivity index (χ4n) is 1.84. The topological polar surface area (TPSA) is 94.9 Å². The Hall–Kier alpha value is -0.960. The molecule has 0 amide bonds. The molecular formula is C10H13NO5S2. The van der Waals surface area contributed by atoms with Gasteiger partial charge in [-0.1, -0.05) is 0 Å². The van der Waals surface area contributed by atoms with E-state index in [0.29, 0.717) is 19.4 Å². The number of carboxylic acid groups (broad SMARTS) is 1. The molecule has 18 heavy (non-hydrogen) atoms. The minimum atomic E-state index is -3.68. The Morgan fingerprint density at radius 1 is 1.44 bits per heavy atom. The SMILES string of the molecule is O=C(O)c1ccc(S(=O)(=O)N2CCC[C@H](O)C2)s1. The molecule has 1 saturated heterocycles. The van der Waals surface area contributed by atoms with Crippen molar-refractivity contribution >= 4 is 27.3 Å². The molecular weight excluding hydrogens is 278 g/mol. The van der Waals surface area contributed by atoms with Gasteiger partial charge in [0.15, 0.2) is 0 Å². The molecule has 0 aromatic carbocycles. The molecule has 0 spiro atoms. The van der Waals surface area contributed by atoms with Crippen molar-refractivity contribution in [3.8, 4) is 0 Å². The molecule has 2 rings (SSSR count). The quantitative estimate of drug-likeness (QED) is 0.850.